The van der Waals surface area contributed by atoms with Crippen molar-refractivity contribution in [1.29, 1.82) is 0 Å². The summed E-state index contributed by atoms with van der Waals surface area (Å²) < 4.78 is 10.8. The van der Waals surface area contributed by atoms with E-state index >= 15 is 0 Å². The Hall–Kier alpha value is -0.280. The van der Waals surface area contributed by atoms with Crippen molar-refractivity contribution in [3.8, 4) is 0 Å². The fourth-order valence-electron chi connectivity index (χ4n) is 1.91. The molecule has 0 amide bonds. The van der Waals surface area contributed by atoms with Crippen molar-refractivity contribution < 1.29 is 19.1 Å². The van der Waals surface area contributed by atoms with Gasteiger partial charge in [0.15, 0.2) is 0 Å². The highest BCUT2D eigenvalue weighted by atomic mass is 16.7. The van der Waals surface area contributed by atoms with E-state index in [0.717, 1.165) is 0 Å². The quantitative estimate of drug-likeness (QED) is 0.425. The van der Waals surface area contributed by atoms with Crippen molar-refractivity contribution >= 4 is 0 Å². The molecule has 0 radical (unpaired) electrons. The van der Waals surface area contributed by atoms with Gasteiger partial charge >= 0.3 is 0 Å². The molecule has 0 saturated carbocycles. The first-order valence-electron chi connectivity index (χ1n) is 3.96. The zero-order valence-corrected chi connectivity index (χ0v) is 7.01. The van der Waals surface area contributed by atoms with Crippen LogP contribution in [0.25, 0.3) is 0 Å². The molecule has 2 fully saturated rings. The summed E-state index contributed by atoms with van der Waals surface area (Å²) in [7, 11) is 0. The zero-order valence-electron chi connectivity index (χ0n) is 7.01. The third-order valence-corrected chi connectivity index (χ3v) is 2.51. The van der Waals surface area contributed by atoms with Gasteiger partial charge in [0.25, 0.3) is 0 Å². The first-order chi connectivity index (χ1) is 6.23. The summed E-state index contributed by atoms with van der Waals surface area (Å²) in [5, 5.41) is 0. The Morgan fingerprint density at radius 1 is 1.46 bits per heavy atom. The molecule has 1 unspecified atom stereocenters. The van der Waals surface area contributed by atoms with Gasteiger partial charge < -0.3 is 20.0 Å². The minimum absolute atomic E-state index is 0.152. The van der Waals surface area contributed by atoms with Crippen molar-refractivity contribution in [3.05, 3.63) is 0 Å². The minimum atomic E-state index is -0.742. The predicted octanol–water partition coefficient (Wildman–Crippen LogP) is -2.41. The largest absolute Gasteiger partial charge is 0.368 e. The van der Waals surface area contributed by atoms with E-state index in [1.54, 1.807) is 0 Å². The molecule has 0 aromatic rings. The molecule has 7 nitrogen and oxygen atoms in total. The van der Waals surface area contributed by atoms with Gasteiger partial charge in [-0.05, 0) is 0 Å². The molecule has 0 aromatic heterocycles. The lowest BCUT2D eigenvalue weighted by atomic mass is 10.0. The monoisotopic (exact) mass is 191 g/mol. The van der Waals surface area contributed by atoms with E-state index in [0.29, 0.717) is 6.61 Å². The molecule has 0 aliphatic carbocycles. The minimum Gasteiger partial charge on any atom is -0.368 e. The molecule has 13 heavy (non-hydrogen) atoms. The van der Waals surface area contributed by atoms with E-state index in [-0.39, 0.29) is 12.7 Å². The van der Waals surface area contributed by atoms with Crippen LogP contribution in [0, 0.1) is 0 Å². The fourth-order valence-corrected chi connectivity index (χ4v) is 1.91. The molecule has 0 spiro atoms. The number of fused-ring (bicyclic) bond motifs is 2. The smallest absolute Gasteiger partial charge is 0.149 e. The van der Waals surface area contributed by atoms with Crippen molar-refractivity contribution in [2.45, 2.75) is 24.0 Å². The summed E-state index contributed by atoms with van der Waals surface area (Å²) in [6.45, 7) is 0.490. The molecule has 0 aromatic carbocycles. The van der Waals surface area contributed by atoms with Crippen LogP contribution in [-0.2, 0) is 19.1 Å². The predicted molar refractivity (Wildman–Crippen MR) is 40.7 cm³/mol. The summed E-state index contributed by atoms with van der Waals surface area (Å²) in [6, 6.07) is 0. The van der Waals surface area contributed by atoms with Gasteiger partial charge in [0.05, 0.1) is 6.61 Å². The summed E-state index contributed by atoms with van der Waals surface area (Å²) in [5.74, 6) is 10.1. The Balaban J connectivity index is 2.17. The third-order valence-electron chi connectivity index (χ3n) is 2.51. The van der Waals surface area contributed by atoms with Gasteiger partial charge in [0.1, 0.15) is 30.6 Å². The molecule has 4 atom stereocenters. The second kappa shape index (κ2) is 3.14. The summed E-state index contributed by atoms with van der Waals surface area (Å²) in [4.78, 5) is 9.29. The van der Waals surface area contributed by atoms with Crippen LogP contribution in [-0.4, -0.2) is 37.3 Å². The van der Waals surface area contributed by atoms with Crippen LogP contribution >= 0.6 is 0 Å². The van der Waals surface area contributed by atoms with E-state index in [4.69, 9.17) is 31.8 Å². The Morgan fingerprint density at radius 2 is 2.23 bits per heavy atom. The number of ether oxygens (including phenoxy) is 2. The van der Waals surface area contributed by atoms with Gasteiger partial charge in [-0.3, -0.25) is 4.84 Å². The second-order valence-electron chi connectivity index (χ2n) is 3.29. The van der Waals surface area contributed by atoms with Crippen LogP contribution in [0.3, 0.4) is 0 Å². The molecule has 2 bridgehead atoms. The average molecular weight is 191 g/mol. The maximum atomic E-state index is 5.62. The van der Waals surface area contributed by atoms with Crippen LogP contribution in [0.2, 0.25) is 0 Å². The van der Waals surface area contributed by atoms with E-state index in [2.05, 4.69) is 4.84 Å². The highest BCUT2D eigenvalue weighted by Crippen LogP contribution is 2.39. The van der Waals surface area contributed by atoms with E-state index in [1.807, 2.05) is 0 Å². The van der Waals surface area contributed by atoms with E-state index in [1.165, 1.54) is 0 Å². The Labute approximate surface area is 74.9 Å². The Morgan fingerprint density at radius 3 is 2.77 bits per heavy atom. The van der Waals surface area contributed by atoms with Crippen molar-refractivity contribution in [2.24, 2.45) is 17.5 Å². The zero-order chi connectivity index (χ0) is 9.47. The molecule has 2 saturated heterocycles. The van der Waals surface area contributed by atoms with Gasteiger partial charge in [-0.25, -0.2) is 11.8 Å². The molecule has 2 heterocycles. The van der Waals surface area contributed by atoms with Crippen molar-refractivity contribution in [1.82, 2.24) is 0 Å². The van der Waals surface area contributed by atoms with E-state index < -0.39 is 17.9 Å². The summed E-state index contributed by atoms with van der Waals surface area (Å²) in [5.41, 5.74) is 4.88. The van der Waals surface area contributed by atoms with Crippen molar-refractivity contribution in [3.63, 3.8) is 0 Å². The Kier molecular flexibility index (Phi) is 2.24. The average Bonchev–Trinajstić information content (AvgIpc) is 2.55. The first-order valence-corrected chi connectivity index (χ1v) is 3.96. The van der Waals surface area contributed by atoms with Crippen molar-refractivity contribution in [2.75, 3.05) is 13.2 Å². The molecular formula is C6H13N3O4. The lowest BCUT2D eigenvalue weighted by molar-refractivity contribution is -0.170. The molecule has 6 N–H and O–H groups in total. The lowest BCUT2D eigenvalue weighted by Gasteiger charge is -2.28. The number of hydrogen-bond donors (Lipinski definition) is 3. The number of nitrogens with two attached hydrogens (primary N) is 3. The second-order valence-corrected chi connectivity index (χ2v) is 3.29. The molecule has 2 rings (SSSR count). The highest BCUT2D eigenvalue weighted by Gasteiger charge is 2.61. The van der Waals surface area contributed by atoms with Gasteiger partial charge in [0, 0.05) is 0 Å². The Bertz CT molecular complexity index is 204. The molecule has 7 heteroatoms. The van der Waals surface area contributed by atoms with Crippen LogP contribution in [0.15, 0.2) is 0 Å². The van der Waals surface area contributed by atoms with Gasteiger partial charge in [-0.2, -0.15) is 0 Å². The number of rotatable bonds is 3. The highest BCUT2D eigenvalue weighted by molar-refractivity contribution is 5.07. The molecule has 2 aliphatic heterocycles. The maximum Gasteiger partial charge on any atom is 0.149 e. The molecule has 2 aliphatic rings. The van der Waals surface area contributed by atoms with Crippen LogP contribution < -0.4 is 17.5 Å². The van der Waals surface area contributed by atoms with Crippen LogP contribution in [0.4, 0.5) is 0 Å². The van der Waals surface area contributed by atoms with Gasteiger partial charge in [-0.1, -0.05) is 0 Å². The van der Waals surface area contributed by atoms with Gasteiger partial charge in [-0.15, -0.1) is 0 Å². The lowest BCUT2D eigenvalue weighted by Crippen LogP contribution is -2.48. The third kappa shape index (κ3) is 1.17. The number of hydrogen-bond acceptors (Lipinski definition) is 7. The standard InChI is InChI=1S/C6H13N3O4/c7-5-3-4(13-9)6(12-5,1-10-3)2-11-8/h3-5H,1-2,7-9H2/t3-,4?,5+,6+/m0/s1. The van der Waals surface area contributed by atoms with E-state index in [9.17, 15) is 0 Å². The summed E-state index contributed by atoms with van der Waals surface area (Å²) >= 11 is 0. The topological polar surface area (TPSA) is 115 Å². The SMILES string of the molecule is NOC[C@]12CO[C@@H](C1ON)[C@H](N)O2. The molecule has 76 valence electrons. The van der Waals surface area contributed by atoms with Gasteiger partial charge in [0.2, 0.25) is 0 Å². The molecular weight excluding hydrogens is 178 g/mol. The first kappa shape index (κ1) is 9.28. The maximum absolute atomic E-state index is 5.62. The fraction of sp³-hybridized carbons (Fsp3) is 1.00. The summed E-state index contributed by atoms with van der Waals surface area (Å²) in [6.07, 6.45) is -1.27. The normalized spacial score (nSPS) is 48.7. The van der Waals surface area contributed by atoms with Crippen LogP contribution in [0.1, 0.15) is 0 Å². The van der Waals surface area contributed by atoms with Crippen LogP contribution in [0.5, 0.6) is 0 Å².